The summed E-state index contributed by atoms with van der Waals surface area (Å²) in [4.78, 5) is 34.0. The van der Waals surface area contributed by atoms with Crippen LogP contribution in [0.15, 0.2) is 22.3 Å². The number of rotatable bonds is 6. The number of unbranched alkanes of at least 4 members (excludes halogenated alkanes) is 3. The van der Waals surface area contributed by atoms with E-state index in [1.807, 2.05) is 6.29 Å². The first-order valence-electron chi connectivity index (χ1n) is 6.32. The first-order chi connectivity index (χ1) is 8.50. The van der Waals surface area contributed by atoms with Gasteiger partial charge in [0, 0.05) is 28.7 Å². The van der Waals surface area contributed by atoms with Gasteiger partial charge < -0.3 is 0 Å². The van der Waals surface area contributed by atoms with Gasteiger partial charge in [-0.25, -0.2) is 0 Å². The second-order valence-corrected chi connectivity index (χ2v) is 4.72. The van der Waals surface area contributed by atoms with E-state index in [1.54, 1.807) is 20.8 Å². The van der Waals surface area contributed by atoms with Crippen molar-refractivity contribution in [2.75, 3.05) is 0 Å². The third kappa shape index (κ3) is 3.03. The quantitative estimate of drug-likeness (QED) is 0.535. The highest BCUT2D eigenvalue weighted by Crippen LogP contribution is 2.27. The van der Waals surface area contributed by atoms with Crippen LogP contribution in [0.1, 0.15) is 52.9 Å². The summed E-state index contributed by atoms with van der Waals surface area (Å²) in [6.07, 6.45) is 5.44. The maximum atomic E-state index is 12.1. The van der Waals surface area contributed by atoms with Crippen LogP contribution in [0.5, 0.6) is 0 Å². The van der Waals surface area contributed by atoms with Gasteiger partial charge in [0.05, 0.1) is 0 Å². The van der Waals surface area contributed by atoms with Crippen molar-refractivity contribution in [3.8, 4) is 0 Å². The van der Waals surface area contributed by atoms with E-state index in [-0.39, 0.29) is 11.6 Å². The lowest BCUT2D eigenvalue weighted by atomic mass is 9.84. The molecule has 1 aliphatic rings. The molecule has 97 valence electrons. The Morgan fingerprint density at radius 3 is 2.06 bits per heavy atom. The molecular weight excluding hydrogens is 228 g/mol. The zero-order valence-corrected chi connectivity index (χ0v) is 11.3. The molecule has 0 unspecified atom stereocenters. The fourth-order valence-electron chi connectivity index (χ4n) is 2.13. The summed E-state index contributed by atoms with van der Waals surface area (Å²) in [5.74, 6) is -0.00475. The van der Waals surface area contributed by atoms with E-state index in [1.165, 1.54) is 0 Å². The Kier molecular flexibility index (Phi) is 5.20. The van der Waals surface area contributed by atoms with E-state index < -0.39 is 0 Å². The molecule has 1 radical (unpaired) electrons. The molecule has 0 N–H and O–H groups in total. The first-order valence-corrected chi connectivity index (χ1v) is 6.32. The summed E-state index contributed by atoms with van der Waals surface area (Å²) < 4.78 is 0. The van der Waals surface area contributed by atoms with Crippen molar-refractivity contribution in [3.05, 3.63) is 22.3 Å². The Morgan fingerprint density at radius 2 is 1.44 bits per heavy atom. The van der Waals surface area contributed by atoms with Crippen molar-refractivity contribution >= 4 is 17.9 Å². The van der Waals surface area contributed by atoms with Crippen LogP contribution in [-0.2, 0) is 14.4 Å². The van der Waals surface area contributed by atoms with Gasteiger partial charge in [0.25, 0.3) is 0 Å². The van der Waals surface area contributed by atoms with Crippen LogP contribution in [-0.4, -0.2) is 17.9 Å². The number of hydrogen-bond acceptors (Lipinski definition) is 3. The zero-order valence-electron chi connectivity index (χ0n) is 11.3. The Balaban J connectivity index is 2.67. The van der Waals surface area contributed by atoms with Gasteiger partial charge in [-0.1, -0.05) is 6.42 Å². The summed E-state index contributed by atoms with van der Waals surface area (Å²) in [7, 11) is 0. The minimum Gasteiger partial charge on any atom is -0.291 e. The lowest BCUT2D eigenvalue weighted by molar-refractivity contribution is -0.116. The number of allylic oxidation sites excluding steroid dienone is 4. The van der Waals surface area contributed by atoms with Crippen molar-refractivity contribution in [1.82, 2.24) is 0 Å². The molecule has 0 bridgehead atoms. The van der Waals surface area contributed by atoms with Gasteiger partial charge in [-0.3, -0.25) is 14.4 Å². The molecule has 0 heterocycles. The third-order valence-electron chi connectivity index (χ3n) is 3.52. The van der Waals surface area contributed by atoms with Crippen molar-refractivity contribution in [1.29, 1.82) is 0 Å². The third-order valence-corrected chi connectivity index (χ3v) is 3.52. The standard InChI is InChI=1S/C15H19O3/c1-10-11(2)15(18)13(12(3)14(10)17)8-6-4-5-7-9-16/h4-8H2,1-3H3. The number of hydrogen-bond donors (Lipinski definition) is 0. The Morgan fingerprint density at radius 1 is 0.833 bits per heavy atom. The Bertz CT molecular complexity index is 439. The monoisotopic (exact) mass is 247 g/mol. The van der Waals surface area contributed by atoms with Crippen LogP contribution < -0.4 is 0 Å². The van der Waals surface area contributed by atoms with Gasteiger partial charge in [-0.2, -0.15) is 0 Å². The lowest BCUT2D eigenvalue weighted by Crippen LogP contribution is -2.20. The van der Waals surface area contributed by atoms with Gasteiger partial charge in [0.1, 0.15) is 0 Å². The SMILES string of the molecule is CC1=C(C)C(=O)C(CCCCC[C]=O)=C(C)C1=O. The molecule has 0 saturated carbocycles. The lowest BCUT2D eigenvalue weighted by Gasteiger charge is -2.18. The smallest absolute Gasteiger partial charge is 0.198 e. The number of ketones is 2. The second kappa shape index (κ2) is 6.43. The van der Waals surface area contributed by atoms with E-state index in [4.69, 9.17) is 0 Å². The summed E-state index contributed by atoms with van der Waals surface area (Å²) in [5.41, 5.74) is 2.38. The highest BCUT2D eigenvalue weighted by molar-refractivity contribution is 6.24. The molecule has 1 aliphatic carbocycles. The minimum absolute atomic E-state index is 0.00606. The predicted octanol–water partition coefficient (Wildman–Crippen LogP) is 2.85. The molecule has 0 spiro atoms. The van der Waals surface area contributed by atoms with Gasteiger partial charge in [-0.05, 0) is 40.0 Å². The van der Waals surface area contributed by atoms with Crippen molar-refractivity contribution in [2.24, 2.45) is 0 Å². The number of Topliss-reactive ketones (excluding diaryl/α,β-unsaturated/α-hetero) is 2. The molecule has 0 aliphatic heterocycles. The molecule has 0 aromatic carbocycles. The molecule has 18 heavy (non-hydrogen) atoms. The van der Waals surface area contributed by atoms with E-state index in [9.17, 15) is 14.4 Å². The molecule has 0 fully saturated rings. The fourth-order valence-corrected chi connectivity index (χ4v) is 2.13. The van der Waals surface area contributed by atoms with Crippen molar-refractivity contribution in [2.45, 2.75) is 52.9 Å². The Hall–Kier alpha value is -1.51. The molecule has 3 heteroatoms. The highest BCUT2D eigenvalue weighted by Gasteiger charge is 2.26. The van der Waals surface area contributed by atoms with Crippen LogP contribution in [0.25, 0.3) is 0 Å². The number of carbonyl (C=O) groups excluding carboxylic acids is 3. The van der Waals surface area contributed by atoms with Crippen LogP contribution >= 0.6 is 0 Å². The topological polar surface area (TPSA) is 51.2 Å². The number of carbonyl (C=O) groups is 2. The van der Waals surface area contributed by atoms with E-state index >= 15 is 0 Å². The van der Waals surface area contributed by atoms with Crippen molar-refractivity contribution < 1.29 is 14.4 Å². The summed E-state index contributed by atoms with van der Waals surface area (Å²) >= 11 is 0. The van der Waals surface area contributed by atoms with Crippen LogP contribution in [0.4, 0.5) is 0 Å². The normalized spacial score (nSPS) is 16.6. The fraction of sp³-hybridized carbons (Fsp3) is 0.533. The molecule has 0 atom stereocenters. The summed E-state index contributed by atoms with van der Waals surface area (Å²) in [6, 6.07) is 0. The van der Waals surface area contributed by atoms with Gasteiger partial charge in [-0.15, -0.1) is 0 Å². The largest absolute Gasteiger partial charge is 0.291 e. The van der Waals surface area contributed by atoms with Crippen molar-refractivity contribution in [3.63, 3.8) is 0 Å². The summed E-state index contributed by atoms with van der Waals surface area (Å²) in [6.45, 7) is 5.14. The molecule has 0 saturated heterocycles. The van der Waals surface area contributed by atoms with E-state index in [2.05, 4.69) is 0 Å². The zero-order chi connectivity index (χ0) is 13.7. The average Bonchev–Trinajstić information content (AvgIpc) is 2.37. The van der Waals surface area contributed by atoms with E-state index in [0.717, 1.165) is 19.3 Å². The minimum atomic E-state index is -0.0108. The van der Waals surface area contributed by atoms with Crippen LogP contribution in [0.2, 0.25) is 0 Å². The second-order valence-electron chi connectivity index (χ2n) is 4.72. The predicted molar refractivity (Wildman–Crippen MR) is 69.9 cm³/mol. The average molecular weight is 247 g/mol. The molecular formula is C15H19O3. The highest BCUT2D eigenvalue weighted by atomic mass is 16.1. The van der Waals surface area contributed by atoms with Crippen LogP contribution in [0.3, 0.4) is 0 Å². The molecule has 0 aromatic heterocycles. The van der Waals surface area contributed by atoms with E-state index in [0.29, 0.717) is 35.1 Å². The summed E-state index contributed by atoms with van der Waals surface area (Å²) in [5, 5.41) is 0. The van der Waals surface area contributed by atoms with Gasteiger partial charge in [0.2, 0.25) is 0 Å². The van der Waals surface area contributed by atoms with Gasteiger partial charge >= 0.3 is 0 Å². The first kappa shape index (κ1) is 14.6. The molecule has 0 amide bonds. The molecule has 1 rings (SSSR count). The Labute approximate surface area is 108 Å². The van der Waals surface area contributed by atoms with Crippen LogP contribution in [0, 0.1) is 0 Å². The maximum Gasteiger partial charge on any atom is 0.198 e. The molecule has 0 aromatic rings. The molecule has 3 nitrogen and oxygen atoms in total. The maximum absolute atomic E-state index is 12.1. The van der Waals surface area contributed by atoms with Gasteiger partial charge in [0.15, 0.2) is 17.9 Å².